The molecular weight excluding hydrogens is 308 g/mol. The van der Waals surface area contributed by atoms with E-state index in [1.54, 1.807) is 6.20 Å². The van der Waals surface area contributed by atoms with Crippen molar-refractivity contribution in [3.05, 3.63) is 60.9 Å². The zero-order chi connectivity index (χ0) is 16.6. The number of nitrogens with zero attached hydrogens (tertiary/aromatic N) is 4. The van der Waals surface area contributed by atoms with Crippen LogP contribution < -0.4 is 4.90 Å². The molecule has 25 heavy (non-hydrogen) atoms. The first-order chi connectivity index (χ1) is 12.4. The maximum absolute atomic E-state index is 4.97. The molecule has 0 radical (unpaired) electrons. The molecule has 2 aliphatic rings. The monoisotopic (exact) mass is 328 g/mol. The predicted molar refractivity (Wildman–Crippen MR) is 100 cm³/mol. The molecule has 0 saturated carbocycles. The van der Waals surface area contributed by atoms with E-state index >= 15 is 0 Å². The molecule has 5 rings (SSSR count). The van der Waals surface area contributed by atoms with E-state index in [0.29, 0.717) is 0 Å². The van der Waals surface area contributed by atoms with Gasteiger partial charge in [-0.1, -0.05) is 24.3 Å². The third kappa shape index (κ3) is 2.58. The van der Waals surface area contributed by atoms with E-state index in [1.165, 1.54) is 12.8 Å². The highest BCUT2D eigenvalue weighted by atomic mass is 15.2. The number of fused-ring (bicyclic) bond motifs is 2. The van der Waals surface area contributed by atoms with Gasteiger partial charge >= 0.3 is 0 Å². The smallest absolute Gasteiger partial charge is 0.163 e. The van der Waals surface area contributed by atoms with Crippen LogP contribution in [0.3, 0.4) is 0 Å². The lowest BCUT2D eigenvalue weighted by molar-refractivity contribution is 0.411. The second-order valence-corrected chi connectivity index (χ2v) is 7.00. The summed E-state index contributed by atoms with van der Waals surface area (Å²) in [6, 6.07) is 12.3. The summed E-state index contributed by atoms with van der Waals surface area (Å²) in [6.45, 7) is 2.17. The van der Waals surface area contributed by atoms with E-state index in [0.717, 1.165) is 53.0 Å². The topological polar surface area (TPSA) is 41.9 Å². The second-order valence-electron chi connectivity index (χ2n) is 7.00. The Balaban J connectivity index is 1.62. The van der Waals surface area contributed by atoms with E-state index in [4.69, 9.17) is 9.97 Å². The number of allylic oxidation sites excluding steroid dienone is 2. The maximum Gasteiger partial charge on any atom is 0.163 e. The van der Waals surface area contributed by atoms with E-state index in [9.17, 15) is 0 Å². The van der Waals surface area contributed by atoms with Gasteiger partial charge in [0.15, 0.2) is 5.82 Å². The Hall–Kier alpha value is -2.75. The van der Waals surface area contributed by atoms with Gasteiger partial charge in [-0.25, -0.2) is 9.97 Å². The number of hydrogen-bond donors (Lipinski definition) is 0. The normalized spacial score (nSPS) is 22.3. The lowest BCUT2D eigenvalue weighted by atomic mass is 9.86. The Bertz CT molecular complexity index is 919. The first kappa shape index (κ1) is 14.6. The maximum atomic E-state index is 4.97. The molecule has 3 heterocycles. The molecule has 0 amide bonds. The van der Waals surface area contributed by atoms with Crippen molar-refractivity contribution in [3.63, 3.8) is 0 Å². The Kier molecular flexibility index (Phi) is 3.47. The Morgan fingerprint density at radius 3 is 2.44 bits per heavy atom. The molecule has 0 N–H and O–H groups in total. The van der Waals surface area contributed by atoms with Crippen LogP contribution in [0.25, 0.3) is 22.3 Å². The van der Waals surface area contributed by atoms with Crippen LogP contribution in [0.1, 0.15) is 12.8 Å². The average molecular weight is 328 g/mol. The molecule has 2 unspecified atom stereocenters. The van der Waals surface area contributed by atoms with Crippen LogP contribution >= 0.6 is 0 Å². The minimum atomic E-state index is 0.751. The highest BCUT2D eigenvalue weighted by Crippen LogP contribution is 2.37. The van der Waals surface area contributed by atoms with Gasteiger partial charge < -0.3 is 4.90 Å². The highest BCUT2D eigenvalue weighted by molar-refractivity contribution is 5.91. The van der Waals surface area contributed by atoms with Crippen molar-refractivity contribution in [2.24, 2.45) is 11.8 Å². The van der Waals surface area contributed by atoms with E-state index in [1.807, 2.05) is 24.4 Å². The van der Waals surface area contributed by atoms with Crippen molar-refractivity contribution in [1.82, 2.24) is 15.0 Å². The SMILES string of the molecule is C1=CCC2CN(c3nc(-c4cccnc4)nc4ccccc34)CC2C1. The fourth-order valence-electron chi connectivity index (χ4n) is 4.11. The summed E-state index contributed by atoms with van der Waals surface area (Å²) in [5.74, 6) is 3.33. The number of benzene rings is 1. The molecule has 1 fully saturated rings. The Morgan fingerprint density at radius 2 is 1.68 bits per heavy atom. The van der Waals surface area contributed by atoms with Crippen LogP contribution in [0, 0.1) is 11.8 Å². The Labute approximate surface area is 147 Å². The van der Waals surface area contributed by atoms with Crippen molar-refractivity contribution >= 4 is 16.7 Å². The van der Waals surface area contributed by atoms with Gasteiger partial charge in [-0.05, 0) is 48.9 Å². The highest BCUT2D eigenvalue weighted by Gasteiger charge is 2.34. The molecule has 4 nitrogen and oxygen atoms in total. The number of anilines is 1. The summed E-state index contributed by atoms with van der Waals surface area (Å²) < 4.78 is 0. The molecule has 3 aromatic rings. The van der Waals surface area contributed by atoms with Crippen LogP contribution in [0.2, 0.25) is 0 Å². The molecule has 0 bridgehead atoms. The predicted octanol–water partition coefficient (Wildman–Crippen LogP) is 4.09. The molecule has 4 heteroatoms. The van der Waals surface area contributed by atoms with Gasteiger partial charge in [-0.2, -0.15) is 0 Å². The van der Waals surface area contributed by atoms with Crippen molar-refractivity contribution in [2.75, 3.05) is 18.0 Å². The molecule has 2 atom stereocenters. The molecule has 0 spiro atoms. The van der Waals surface area contributed by atoms with Crippen molar-refractivity contribution in [1.29, 1.82) is 0 Å². The summed E-state index contributed by atoms with van der Waals surface area (Å²) in [4.78, 5) is 16.4. The molecule has 1 aromatic carbocycles. The largest absolute Gasteiger partial charge is 0.355 e. The van der Waals surface area contributed by atoms with Crippen LogP contribution in [0.5, 0.6) is 0 Å². The van der Waals surface area contributed by atoms with E-state index in [-0.39, 0.29) is 0 Å². The summed E-state index contributed by atoms with van der Waals surface area (Å²) >= 11 is 0. The van der Waals surface area contributed by atoms with Crippen LogP contribution in [-0.4, -0.2) is 28.0 Å². The molecule has 1 saturated heterocycles. The number of aromatic nitrogens is 3. The lowest BCUT2D eigenvalue weighted by Gasteiger charge is -2.20. The lowest BCUT2D eigenvalue weighted by Crippen LogP contribution is -2.22. The molecular formula is C21H20N4. The number of pyridine rings is 1. The van der Waals surface area contributed by atoms with Crippen molar-refractivity contribution in [3.8, 4) is 11.4 Å². The molecule has 124 valence electrons. The average Bonchev–Trinajstić information content (AvgIpc) is 3.12. The first-order valence-electron chi connectivity index (χ1n) is 8.95. The first-order valence-corrected chi connectivity index (χ1v) is 8.95. The fourth-order valence-corrected chi connectivity index (χ4v) is 4.11. The number of para-hydroxylation sites is 1. The minimum absolute atomic E-state index is 0.751. The summed E-state index contributed by atoms with van der Waals surface area (Å²) in [5, 5.41) is 1.14. The minimum Gasteiger partial charge on any atom is -0.355 e. The van der Waals surface area contributed by atoms with Gasteiger partial charge in [-0.15, -0.1) is 0 Å². The van der Waals surface area contributed by atoms with Crippen LogP contribution in [0.15, 0.2) is 60.9 Å². The van der Waals surface area contributed by atoms with Crippen molar-refractivity contribution < 1.29 is 0 Å². The second kappa shape index (κ2) is 5.96. The van der Waals surface area contributed by atoms with Crippen molar-refractivity contribution in [2.45, 2.75) is 12.8 Å². The molecule has 1 aliphatic heterocycles. The standard InChI is InChI=1S/C21H20N4/c1-2-7-17-14-25(13-16(17)6-1)21-18-9-3-4-10-19(18)23-20(24-21)15-8-5-11-22-12-15/h1-5,8-12,16-17H,6-7,13-14H2. The summed E-state index contributed by atoms with van der Waals surface area (Å²) in [7, 11) is 0. The Morgan fingerprint density at radius 1 is 0.880 bits per heavy atom. The van der Waals surface area contributed by atoms with Gasteiger partial charge in [0.25, 0.3) is 0 Å². The summed E-state index contributed by atoms with van der Waals surface area (Å²) in [6.07, 6.45) is 10.7. The van der Waals surface area contributed by atoms with Gasteiger partial charge in [0.1, 0.15) is 5.82 Å². The number of hydrogen-bond acceptors (Lipinski definition) is 4. The van der Waals surface area contributed by atoms with Gasteiger partial charge in [-0.3, -0.25) is 4.98 Å². The molecule has 1 aliphatic carbocycles. The molecule has 2 aromatic heterocycles. The van der Waals surface area contributed by atoms with Crippen LogP contribution in [-0.2, 0) is 0 Å². The third-order valence-corrected chi connectivity index (χ3v) is 5.42. The van der Waals surface area contributed by atoms with E-state index < -0.39 is 0 Å². The van der Waals surface area contributed by atoms with Crippen LogP contribution in [0.4, 0.5) is 5.82 Å². The zero-order valence-electron chi connectivity index (χ0n) is 14.0. The third-order valence-electron chi connectivity index (χ3n) is 5.42. The quantitative estimate of drug-likeness (QED) is 0.664. The number of rotatable bonds is 2. The fraction of sp³-hybridized carbons (Fsp3) is 0.286. The van der Waals surface area contributed by atoms with E-state index in [2.05, 4.69) is 40.2 Å². The summed E-state index contributed by atoms with van der Waals surface area (Å²) in [5.41, 5.74) is 1.96. The van der Waals surface area contributed by atoms with Gasteiger partial charge in [0, 0.05) is 36.4 Å². The van der Waals surface area contributed by atoms with Gasteiger partial charge in [0.2, 0.25) is 0 Å². The zero-order valence-corrected chi connectivity index (χ0v) is 14.0. The van der Waals surface area contributed by atoms with Gasteiger partial charge in [0.05, 0.1) is 5.52 Å².